The number of methoxy groups -OCH3 is 3. The minimum atomic E-state index is -0.177. The number of benzene rings is 2. The van der Waals surface area contributed by atoms with E-state index in [-0.39, 0.29) is 5.91 Å². The second-order valence-corrected chi connectivity index (χ2v) is 11.6. The van der Waals surface area contributed by atoms with E-state index < -0.39 is 0 Å². The average molecular weight is 595 g/mol. The van der Waals surface area contributed by atoms with Gasteiger partial charge in [-0.1, -0.05) is 23.5 Å². The standard InChI is InChI=1S/C27H26N6O4S3/c1-13-22(39-14(2)29-13)25(34)30-16-8-6-7-15(9-16)18-12-38-26(32-18)23-24(28)33-27(40-23)31-17-10-19(35-3)21(37-5)20(11-17)36-4/h6-12H,28H2,1-5H3,(H,30,34)(H,31,33). The number of nitrogens with zero attached hydrogens (tertiary/aromatic N) is 3. The van der Waals surface area contributed by atoms with Crippen LogP contribution >= 0.6 is 34.0 Å². The van der Waals surface area contributed by atoms with Gasteiger partial charge in [0, 0.05) is 34.5 Å². The Morgan fingerprint density at radius 2 is 1.68 bits per heavy atom. The number of nitrogens with two attached hydrogens (primary N) is 1. The molecule has 206 valence electrons. The summed E-state index contributed by atoms with van der Waals surface area (Å²) in [4.78, 5) is 27.8. The molecule has 3 heterocycles. The number of nitrogens with one attached hydrogen (secondary N) is 2. The van der Waals surface area contributed by atoms with E-state index in [9.17, 15) is 4.79 Å². The molecule has 0 aliphatic heterocycles. The molecule has 1 amide bonds. The summed E-state index contributed by atoms with van der Waals surface area (Å²) in [6.07, 6.45) is 0. The number of hydrogen-bond acceptors (Lipinski definition) is 12. The Morgan fingerprint density at radius 3 is 2.33 bits per heavy atom. The van der Waals surface area contributed by atoms with E-state index in [4.69, 9.17) is 24.9 Å². The maximum absolute atomic E-state index is 12.8. The number of carbonyl (C=O) groups excluding carboxylic acids is 1. The van der Waals surface area contributed by atoms with E-state index in [0.29, 0.717) is 44.4 Å². The van der Waals surface area contributed by atoms with Gasteiger partial charge in [-0.25, -0.2) is 15.0 Å². The number of hydrogen-bond donors (Lipinski definition) is 3. The zero-order chi connectivity index (χ0) is 28.4. The van der Waals surface area contributed by atoms with Gasteiger partial charge in [-0.05, 0) is 26.0 Å². The van der Waals surface area contributed by atoms with E-state index in [1.165, 1.54) is 34.0 Å². The minimum absolute atomic E-state index is 0.177. The van der Waals surface area contributed by atoms with Crippen molar-refractivity contribution in [3.05, 3.63) is 57.4 Å². The van der Waals surface area contributed by atoms with E-state index in [2.05, 4.69) is 20.6 Å². The van der Waals surface area contributed by atoms with Crippen LogP contribution in [0.25, 0.3) is 21.1 Å². The highest BCUT2D eigenvalue weighted by atomic mass is 32.1. The number of aromatic nitrogens is 3. The maximum Gasteiger partial charge on any atom is 0.267 e. The van der Waals surface area contributed by atoms with Crippen LogP contribution in [0.5, 0.6) is 17.2 Å². The van der Waals surface area contributed by atoms with E-state index in [0.717, 1.165) is 31.8 Å². The Balaban J connectivity index is 1.35. The minimum Gasteiger partial charge on any atom is -0.493 e. The van der Waals surface area contributed by atoms with Crippen molar-refractivity contribution in [3.63, 3.8) is 0 Å². The molecule has 40 heavy (non-hydrogen) atoms. The fourth-order valence-electron chi connectivity index (χ4n) is 4.01. The normalized spacial score (nSPS) is 10.8. The summed E-state index contributed by atoms with van der Waals surface area (Å²) in [6, 6.07) is 11.2. The van der Waals surface area contributed by atoms with Crippen LogP contribution in [0.3, 0.4) is 0 Å². The summed E-state index contributed by atoms with van der Waals surface area (Å²) >= 11 is 4.24. The Morgan fingerprint density at radius 1 is 0.925 bits per heavy atom. The molecule has 0 saturated heterocycles. The lowest BCUT2D eigenvalue weighted by atomic mass is 10.1. The molecule has 0 bridgehead atoms. The van der Waals surface area contributed by atoms with Crippen LogP contribution in [0, 0.1) is 13.8 Å². The zero-order valence-corrected chi connectivity index (χ0v) is 24.8. The third kappa shape index (κ3) is 5.57. The lowest BCUT2D eigenvalue weighted by Gasteiger charge is -2.14. The van der Waals surface area contributed by atoms with Crippen LogP contribution in [-0.2, 0) is 0 Å². The summed E-state index contributed by atoms with van der Waals surface area (Å²) in [5.41, 5.74) is 10.0. The van der Waals surface area contributed by atoms with E-state index in [1.54, 1.807) is 33.5 Å². The highest BCUT2D eigenvalue weighted by Crippen LogP contribution is 2.43. The van der Waals surface area contributed by atoms with Crippen molar-refractivity contribution in [1.82, 2.24) is 15.0 Å². The summed E-state index contributed by atoms with van der Waals surface area (Å²) in [5.74, 6) is 1.74. The predicted octanol–water partition coefficient (Wildman–Crippen LogP) is 6.61. The maximum atomic E-state index is 12.8. The first kappa shape index (κ1) is 27.4. The summed E-state index contributed by atoms with van der Waals surface area (Å²) in [5, 5.41) is 10.4. The SMILES string of the molecule is COc1cc(Nc2nc(N)c(-c3nc(-c4cccc(NC(=O)c5sc(C)nc5C)c4)cs3)s2)cc(OC)c1OC. The number of nitrogen functional groups attached to an aromatic ring is 1. The van der Waals surface area contributed by atoms with E-state index in [1.807, 2.05) is 43.5 Å². The molecular formula is C27H26N6O4S3. The molecule has 0 aliphatic carbocycles. The fourth-order valence-corrected chi connectivity index (χ4v) is 6.66. The van der Waals surface area contributed by atoms with Crippen molar-refractivity contribution in [1.29, 1.82) is 0 Å². The molecular weight excluding hydrogens is 569 g/mol. The van der Waals surface area contributed by atoms with Gasteiger partial charge >= 0.3 is 0 Å². The van der Waals surface area contributed by atoms with Crippen molar-refractivity contribution in [3.8, 4) is 38.4 Å². The molecule has 10 nitrogen and oxygen atoms in total. The first-order chi connectivity index (χ1) is 19.3. The number of aryl methyl sites for hydroxylation is 2. The van der Waals surface area contributed by atoms with Gasteiger partial charge < -0.3 is 30.6 Å². The molecule has 0 spiro atoms. The van der Waals surface area contributed by atoms with Gasteiger partial charge in [-0.15, -0.1) is 22.7 Å². The third-order valence-electron chi connectivity index (χ3n) is 5.79. The number of thiazole rings is 3. The molecule has 2 aromatic carbocycles. The van der Waals surface area contributed by atoms with Crippen LogP contribution < -0.4 is 30.6 Å². The molecule has 0 saturated carbocycles. The van der Waals surface area contributed by atoms with Crippen LogP contribution in [0.15, 0.2) is 41.8 Å². The van der Waals surface area contributed by atoms with Gasteiger partial charge in [0.1, 0.15) is 20.6 Å². The predicted molar refractivity (Wildman–Crippen MR) is 162 cm³/mol. The van der Waals surface area contributed by atoms with Crippen LogP contribution in [-0.4, -0.2) is 42.2 Å². The Labute approximate surface area is 242 Å². The van der Waals surface area contributed by atoms with Gasteiger partial charge in [0.05, 0.1) is 37.7 Å². The Kier molecular flexibility index (Phi) is 7.87. The van der Waals surface area contributed by atoms with Crippen LogP contribution in [0.1, 0.15) is 20.4 Å². The van der Waals surface area contributed by atoms with Gasteiger partial charge in [-0.3, -0.25) is 4.79 Å². The van der Waals surface area contributed by atoms with E-state index >= 15 is 0 Å². The zero-order valence-electron chi connectivity index (χ0n) is 22.3. The first-order valence-electron chi connectivity index (χ1n) is 11.9. The molecule has 5 rings (SSSR count). The Bertz CT molecular complexity index is 1670. The molecule has 3 aromatic heterocycles. The van der Waals surface area contributed by atoms with Crippen LogP contribution in [0.4, 0.5) is 22.3 Å². The third-order valence-corrected chi connectivity index (χ3v) is 8.85. The lowest BCUT2D eigenvalue weighted by molar-refractivity contribution is 0.103. The summed E-state index contributed by atoms with van der Waals surface area (Å²) in [7, 11) is 4.68. The molecule has 0 atom stereocenters. The molecule has 5 aromatic rings. The molecule has 4 N–H and O–H groups in total. The molecule has 13 heteroatoms. The van der Waals surface area contributed by atoms with Gasteiger partial charge in [0.25, 0.3) is 5.91 Å². The van der Waals surface area contributed by atoms with Crippen molar-refractivity contribution in [2.24, 2.45) is 0 Å². The Hall–Kier alpha value is -4.20. The van der Waals surface area contributed by atoms with Gasteiger partial charge in [-0.2, -0.15) is 0 Å². The van der Waals surface area contributed by atoms with Gasteiger partial charge in [0.2, 0.25) is 5.75 Å². The second-order valence-electron chi connectivity index (χ2n) is 8.49. The van der Waals surface area contributed by atoms with Crippen molar-refractivity contribution < 1.29 is 19.0 Å². The largest absolute Gasteiger partial charge is 0.493 e. The highest BCUT2D eigenvalue weighted by Gasteiger charge is 2.18. The fraction of sp³-hybridized carbons (Fsp3) is 0.185. The van der Waals surface area contributed by atoms with Crippen molar-refractivity contribution >= 4 is 62.2 Å². The summed E-state index contributed by atoms with van der Waals surface area (Å²) in [6.45, 7) is 3.72. The molecule has 0 radical (unpaired) electrons. The lowest BCUT2D eigenvalue weighted by Crippen LogP contribution is -2.11. The highest BCUT2D eigenvalue weighted by molar-refractivity contribution is 7.23. The smallest absolute Gasteiger partial charge is 0.267 e. The topological polar surface area (TPSA) is 134 Å². The monoisotopic (exact) mass is 594 g/mol. The first-order valence-corrected chi connectivity index (χ1v) is 14.5. The number of anilines is 4. The van der Waals surface area contributed by atoms with Gasteiger partial charge in [0.15, 0.2) is 16.6 Å². The van der Waals surface area contributed by atoms with Crippen molar-refractivity contribution in [2.45, 2.75) is 13.8 Å². The van der Waals surface area contributed by atoms with Crippen LogP contribution in [0.2, 0.25) is 0 Å². The average Bonchev–Trinajstić information content (AvgIpc) is 3.66. The number of ether oxygens (including phenoxy) is 3. The quantitative estimate of drug-likeness (QED) is 0.172. The second kappa shape index (κ2) is 11.5. The van der Waals surface area contributed by atoms with Crippen molar-refractivity contribution in [2.75, 3.05) is 37.7 Å². The number of rotatable bonds is 9. The molecule has 0 unspecified atom stereocenters. The number of amides is 1. The molecule has 0 aliphatic rings. The molecule has 0 fully saturated rings. The number of carbonyl (C=O) groups is 1. The summed E-state index contributed by atoms with van der Waals surface area (Å²) < 4.78 is 16.3.